The van der Waals surface area contributed by atoms with Gasteiger partial charge in [-0.25, -0.2) is 4.79 Å². The maximum absolute atomic E-state index is 12.9. The maximum atomic E-state index is 12.9. The zero-order chi connectivity index (χ0) is 18.5. The number of hydrogen-bond donors (Lipinski definition) is 1. The van der Waals surface area contributed by atoms with E-state index < -0.39 is 11.9 Å². The molecule has 0 bridgehead atoms. The zero-order valence-electron chi connectivity index (χ0n) is 15.6. The van der Waals surface area contributed by atoms with Gasteiger partial charge in [0, 0.05) is 17.8 Å². The fourth-order valence-corrected chi connectivity index (χ4v) is 5.26. The highest BCUT2D eigenvalue weighted by Gasteiger charge is 2.51. The molecule has 0 spiro atoms. The van der Waals surface area contributed by atoms with Crippen LogP contribution in [0.25, 0.3) is 0 Å². The maximum Gasteiger partial charge on any atom is 0.325 e. The monoisotopic (exact) mass is 356 g/mol. The van der Waals surface area contributed by atoms with Crippen molar-refractivity contribution in [2.45, 2.75) is 56.1 Å². The predicted octanol–water partition coefficient (Wildman–Crippen LogP) is 2.28. The third-order valence-corrected chi connectivity index (χ3v) is 6.65. The van der Waals surface area contributed by atoms with E-state index in [0.717, 1.165) is 31.4 Å². The number of primary amides is 1. The SMILES string of the molecule is CN(C)C1(c2ccc(N3C(=O)N4CCC[C@@H]4C3C(N)=O)cc2)CCCC1. The van der Waals surface area contributed by atoms with Crippen molar-refractivity contribution in [3.8, 4) is 0 Å². The van der Waals surface area contributed by atoms with Crippen LogP contribution in [0.5, 0.6) is 0 Å². The van der Waals surface area contributed by atoms with Gasteiger partial charge in [-0.15, -0.1) is 0 Å². The van der Waals surface area contributed by atoms with Crippen LogP contribution in [0.4, 0.5) is 10.5 Å². The lowest BCUT2D eigenvalue weighted by atomic mass is 9.87. The summed E-state index contributed by atoms with van der Waals surface area (Å²) in [5.74, 6) is -0.419. The third kappa shape index (κ3) is 2.42. The van der Waals surface area contributed by atoms with Crippen molar-refractivity contribution in [2.24, 2.45) is 5.73 Å². The van der Waals surface area contributed by atoms with Crippen LogP contribution in [0.3, 0.4) is 0 Å². The molecule has 1 aromatic rings. The van der Waals surface area contributed by atoms with Gasteiger partial charge in [-0.1, -0.05) is 25.0 Å². The van der Waals surface area contributed by atoms with Gasteiger partial charge >= 0.3 is 6.03 Å². The largest absolute Gasteiger partial charge is 0.368 e. The summed E-state index contributed by atoms with van der Waals surface area (Å²) in [6, 6.07) is 7.47. The molecule has 4 rings (SSSR count). The van der Waals surface area contributed by atoms with Gasteiger partial charge in [0.2, 0.25) is 5.91 Å². The Labute approximate surface area is 154 Å². The molecule has 1 saturated carbocycles. The van der Waals surface area contributed by atoms with Crippen molar-refractivity contribution in [1.29, 1.82) is 0 Å². The molecular weight excluding hydrogens is 328 g/mol. The van der Waals surface area contributed by atoms with Crippen LogP contribution in [0.15, 0.2) is 24.3 Å². The molecule has 3 fully saturated rings. The number of urea groups is 1. The first-order chi connectivity index (χ1) is 12.5. The summed E-state index contributed by atoms with van der Waals surface area (Å²) in [7, 11) is 4.28. The van der Waals surface area contributed by atoms with E-state index in [0.29, 0.717) is 6.54 Å². The van der Waals surface area contributed by atoms with Crippen LogP contribution in [0.2, 0.25) is 0 Å². The lowest BCUT2D eigenvalue weighted by Crippen LogP contribution is -2.46. The van der Waals surface area contributed by atoms with E-state index in [9.17, 15) is 9.59 Å². The molecule has 2 aliphatic heterocycles. The van der Waals surface area contributed by atoms with Gasteiger partial charge in [-0.05, 0) is 57.5 Å². The summed E-state index contributed by atoms with van der Waals surface area (Å²) >= 11 is 0. The normalized spacial score (nSPS) is 27.4. The minimum atomic E-state index is -0.565. The number of amides is 3. The molecule has 0 aromatic heterocycles. The average molecular weight is 356 g/mol. The molecule has 2 atom stereocenters. The quantitative estimate of drug-likeness (QED) is 0.900. The fraction of sp³-hybridized carbons (Fsp3) is 0.600. The van der Waals surface area contributed by atoms with Gasteiger partial charge in [0.1, 0.15) is 6.04 Å². The summed E-state index contributed by atoms with van der Waals surface area (Å²) in [5, 5.41) is 0. The van der Waals surface area contributed by atoms with E-state index >= 15 is 0 Å². The van der Waals surface area contributed by atoms with E-state index in [4.69, 9.17) is 5.73 Å². The van der Waals surface area contributed by atoms with E-state index in [1.54, 1.807) is 4.90 Å². The Hall–Kier alpha value is -2.08. The van der Waals surface area contributed by atoms with Crippen molar-refractivity contribution < 1.29 is 9.59 Å². The summed E-state index contributed by atoms with van der Waals surface area (Å²) in [4.78, 5) is 30.7. The number of carbonyl (C=O) groups is 2. The standard InChI is InChI=1S/C20H28N4O2/c1-22(2)20(11-3-4-12-20)14-7-9-15(10-8-14)24-17(18(21)25)16-6-5-13-23(16)19(24)26/h7-10,16-17H,3-6,11-13H2,1-2H3,(H2,21,25)/t16-,17?/m1/s1. The summed E-state index contributed by atoms with van der Waals surface area (Å²) in [6.45, 7) is 0.714. The molecule has 2 heterocycles. The number of anilines is 1. The van der Waals surface area contributed by atoms with E-state index in [1.165, 1.54) is 18.4 Å². The zero-order valence-corrected chi connectivity index (χ0v) is 15.6. The van der Waals surface area contributed by atoms with Crippen LogP contribution < -0.4 is 10.6 Å². The topological polar surface area (TPSA) is 69.9 Å². The van der Waals surface area contributed by atoms with Gasteiger partial charge in [0.05, 0.1) is 6.04 Å². The van der Waals surface area contributed by atoms with Crippen LogP contribution in [0, 0.1) is 0 Å². The molecule has 3 aliphatic rings. The Balaban J connectivity index is 1.66. The Kier molecular flexibility index (Phi) is 4.18. The molecule has 1 aliphatic carbocycles. The predicted molar refractivity (Wildman–Crippen MR) is 101 cm³/mol. The number of carbonyl (C=O) groups excluding carboxylic acids is 2. The molecular formula is C20H28N4O2. The van der Waals surface area contributed by atoms with Gasteiger partial charge in [0.25, 0.3) is 0 Å². The van der Waals surface area contributed by atoms with Gasteiger partial charge < -0.3 is 10.6 Å². The van der Waals surface area contributed by atoms with E-state index in [1.807, 2.05) is 17.0 Å². The highest BCUT2D eigenvalue weighted by atomic mass is 16.2. The van der Waals surface area contributed by atoms with Crippen LogP contribution in [0.1, 0.15) is 44.1 Å². The molecule has 1 unspecified atom stereocenters. The lowest BCUT2D eigenvalue weighted by Gasteiger charge is -2.37. The molecule has 140 valence electrons. The molecule has 6 heteroatoms. The van der Waals surface area contributed by atoms with Crippen LogP contribution in [-0.4, -0.2) is 54.5 Å². The Bertz CT molecular complexity index is 709. The smallest absolute Gasteiger partial charge is 0.325 e. The van der Waals surface area contributed by atoms with Crippen molar-refractivity contribution in [1.82, 2.24) is 9.80 Å². The lowest BCUT2D eigenvalue weighted by molar-refractivity contribution is -0.119. The molecule has 3 amide bonds. The molecule has 1 aromatic carbocycles. The van der Waals surface area contributed by atoms with Crippen LogP contribution >= 0.6 is 0 Å². The van der Waals surface area contributed by atoms with E-state index in [-0.39, 0.29) is 17.6 Å². The number of hydrogen-bond acceptors (Lipinski definition) is 3. The fourth-order valence-electron chi connectivity index (χ4n) is 5.26. The van der Waals surface area contributed by atoms with E-state index in [2.05, 4.69) is 31.1 Å². The Morgan fingerprint density at radius 1 is 1.15 bits per heavy atom. The second-order valence-corrected chi connectivity index (χ2v) is 8.08. The van der Waals surface area contributed by atoms with Gasteiger partial charge in [-0.2, -0.15) is 0 Å². The van der Waals surface area contributed by atoms with Crippen molar-refractivity contribution in [3.05, 3.63) is 29.8 Å². The summed E-state index contributed by atoms with van der Waals surface area (Å²) in [6.07, 6.45) is 6.58. The number of rotatable bonds is 4. The number of benzene rings is 1. The van der Waals surface area contributed by atoms with Crippen LogP contribution in [-0.2, 0) is 10.3 Å². The number of fused-ring (bicyclic) bond motifs is 1. The van der Waals surface area contributed by atoms with Crippen molar-refractivity contribution >= 4 is 17.6 Å². The first-order valence-corrected chi connectivity index (χ1v) is 9.63. The van der Waals surface area contributed by atoms with Crippen molar-refractivity contribution in [2.75, 3.05) is 25.5 Å². The highest BCUT2D eigenvalue weighted by molar-refractivity contribution is 6.03. The first-order valence-electron chi connectivity index (χ1n) is 9.63. The number of nitrogens with two attached hydrogens (primary N) is 1. The number of nitrogens with zero attached hydrogens (tertiary/aromatic N) is 3. The average Bonchev–Trinajstić information content (AvgIpc) is 3.32. The minimum absolute atomic E-state index is 0.0800. The molecule has 0 radical (unpaired) electrons. The third-order valence-electron chi connectivity index (χ3n) is 6.65. The second kappa shape index (κ2) is 6.27. The molecule has 6 nitrogen and oxygen atoms in total. The van der Waals surface area contributed by atoms with Gasteiger partial charge in [0.15, 0.2) is 0 Å². The molecule has 26 heavy (non-hydrogen) atoms. The first kappa shape index (κ1) is 17.3. The van der Waals surface area contributed by atoms with Gasteiger partial charge in [-0.3, -0.25) is 14.6 Å². The Morgan fingerprint density at radius 3 is 2.38 bits per heavy atom. The minimum Gasteiger partial charge on any atom is -0.368 e. The molecule has 2 saturated heterocycles. The van der Waals surface area contributed by atoms with Crippen molar-refractivity contribution in [3.63, 3.8) is 0 Å². The highest BCUT2D eigenvalue weighted by Crippen LogP contribution is 2.43. The Morgan fingerprint density at radius 2 is 1.81 bits per heavy atom. The summed E-state index contributed by atoms with van der Waals surface area (Å²) in [5.41, 5.74) is 7.80. The summed E-state index contributed by atoms with van der Waals surface area (Å²) < 4.78 is 0. The molecule has 2 N–H and O–H groups in total. The second-order valence-electron chi connectivity index (χ2n) is 8.08.